The highest BCUT2D eigenvalue weighted by Crippen LogP contribution is 2.28. The summed E-state index contributed by atoms with van der Waals surface area (Å²) in [6.45, 7) is 2.54. The van der Waals surface area contributed by atoms with E-state index in [1.807, 2.05) is 35.0 Å². The molecule has 1 fully saturated rings. The first-order valence-corrected chi connectivity index (χ1v) is 11.7. The summed E-state index contributed by atoms with van der Waals surface area (Å²) < 4.78 is 30.1. The van der Waals surface area contributed by atoms with Gasteiger partial charge in [-0.3, -0.25) is 4.90 Å². The number of fused-ring (bicyclic) bond motifs is 1. The van der Waals surface area contributed by atoms with E-state index in [2.05, 4.69) is 26.9 Å². The quantitative estimate of drug-likeness (QED) is 0.555. The molecule has 29 heavy (non-hydrogen) atoms. The number of halogens is 2. The molecular formula is C20H18BrClN4O2S. The highest BCUT2D eigenvalue weighted by atomic mass is 79.9. The van der Waals surface area contributed by atoms with E-state index >= 15 is 0 Å². The summed E-state index contributed by atoms with van der Waals surface area (Å²) in [6.07, 6.45) is 3.89. The minimum absolute atomic E-state index is 0.126. The highest BCUT2D eigenvalue weighted by molar-refractivity contribution is 9.10. The van der Waals surface area contributed by atoms with Crippen molar-refractivity contribution in [1.82, 2.24) is 13.6 Å². The minimum atomic E-state index is -3.64. The normalized spacial score (nSPS) is 16.2. The Bertz CT molecular complexity index is 1210. The Balaban J connectivity index is 1.48. The van der Waals surface area contributed by atoms with Crippen LogP contribution in [0.15, 0.2) is 58.2 Å². The zero-order valence-electron chi connectivity index (χ0n) is 15.4. The number of hydrogen-bond acceptors (Lipinski definition) is 4. The van der Waals surface area contributed by atoms with Gasteiger partial charge in [0.1, 0.15) is 11.0 Å². The molecule has 0 amide bonds. The fourth-order valence-corrected chi connectivity index (χ4v) is 6.05. The second-order valence-electron chi connectivity index (χ2n) is 6.89. The Kier molecular flexibility index (Phi) is 5.69. The van der Waals surface area contributed by atoms with Gasteiger partial charge in [0, 0.05) is 55.2 Å². The van der Waals surface area contributed by atoms with E-state index < -0.39 is 10.0 Å². The van der Waals surface area contributed by atoms with E-state index in [0.29, 0.717) is 38.3 Å². The molecule has 6 nitrogen and oxygen atoms in total. The number of nitriles is 1. The molecule has 3 aromatic rings. The van der Waals surface area contributed by atoms with Crippen LogP contribution in [0, 0.1) is 11.3 Å². The van der Waals surface area contributed by atoms with Gasteiger partial charge in [0.15, 0.2) is 0 Å². The van der Waals surface area contributed by atoms with Crippen molar-refractivity contribution in [3.63, 3.8) is 0 Å². The summed E-state index contributed by atoms with van der Waals surface area (Å²) >= 11 is 9.46. The maximum Gasteiger partial charge on any atom is 0.244 e. The topological polar surface area (TPSA) is 68.8 Å². The van der Waals surface area contributed by atoms with E-state index in [0.717, 1.165) is 15.6 Å². The third kappa shape index (κ3) is 3.93. The van der Waals surface area contributed by atoms with Crippen molar-refractivity contribution >= 4 is 43.1 Å². The van der Waals surface area contributed by atoms with Gasteiger partial charge >= 0.3 is 0 Å². The third-order valence-electron chi connectivity index (χ3n) is 5.11. The van der Waals surface area contributed by atoms with Crippen molar-refractivity contribution in [3.05, 3.63) is 69.4 Å². The number of benzene rings is 1. The molecule has 1 saturated heterocycles. The molecule has 0 radical (unpaired) electrons. The number of sulfonamides is 1. The molecule has 0 unspecified atom stereocenters. The molecule has 150 valence electrons. The van der Waals surface area contributed by atoms with Gasteiger partial charge in [0.25, 0.3) is 0 Å². The van der Waals surface area contributed by atoms with Gasteiger partial charge in [-0.15, -0.1) is 0 Å². The fourth-order valence-electron chi connectivity index (χ4n) is 3.62. The lowest BCUT2D eigenvalue weighted by molar-refractivity contribution is 0.181. The maximum absolute atomic E-state index is 13.0. The first kappa shape index (κ1) is 20.4. The third-order valence-corrected chi connectivity index (χ3v) is 7.99. The van der Waals surface area contributed by atoms with Crippen LogP contribution in [0.2, 0.25) is 5.02 Å². The molecule has 1 aliphatic heterocycles. The van der Waals surface area contributed by atoms with E-state index in [1.54, 1.807) is 12.1 Å². The molecule has 0 saturated carbocycles. The Morgan fingerprint density at radius 2 is 1.90 bits per heavy atom. The molecule has 1 aromatic carbocycles. The monoisotopic (exact) mass is 492 g/mol. The molecule has 0 spiro atoms. The first-order chi connectivity index (χ1) is 13.9. The zero-order chi connectivity index (χ0) is 20.6. The predicted molar refractivity (Wildman–Crippen MR) is 115 cm³/mol. The van der Waals surface area contributed by atoms with Gasteiger partial charge in [0.2, 0.25) is 10.0 Å². The largest absolute Gasteiger partial charge is 0.322 e. The molecule has 0 N–H and O–H groups in total. The van der Waals surface area contributed by atoms with E-state index in [9.17, 15) is 13.7 Å². The molecule has 0 atom stereocenters. The summed E-state index contributed by atoms with van der Waals surface area (Å²) in [4.78, 5) is 2.30. The van der Waals surface area contributed by atoms with E-state index in [-0.39, 0.29) is 9.92 Å². The van der Waals surface area contributed by atoms with Gasteiger partial charge in [-0.25, -0.2) is 8.42 Å². The summed E-state index contributed by atoms with van der Waals surface area (Å²) in [5.74, 6) is 0. The van der Waals surface area contributed by atoms with Gasteiger partial charge in [-0.1, -0.05) is 33.6 Å². The van der Waals surface area contributed by atoms with Gasteiger partial charge in [-0.2, -0.15) is 9.57 Å². The zero-order valence-corrected chi connectivity index (χ0v) is 18.6. The van der Waals surface area contributed by atoms with Gasteiger partial charge < -0.3 is 4.40 Å². The number of hydrogen-bond donors (Lipinski definition) is 0. The SMILES string of the molecule is N#Cc1c(CN2CCN(S(=O)(=O)c3ccc(Br)cc3Cl)CC2)cn2ccccc12. The highest BCUT2D eigenvalue weighted by Gasteiger charge is 2.30. The molecule has 9 heteroatoms. The number of piperazine rings is 1. The lowest BCUT2D eigenvalue weighted by Gasteiger charge is -2.34. The van der Waals surface area contributed by atoms with Gasteiger partial charge in [-0.05, 0) is 30.3 Å². The molecule has 4 rings (SSSR count). The smallest absolute Gasteiger partial charge is 0.244 e. The number of nitrogens with zero attached hydrogens (tertiary/aromatic N) is 4. The average molecular weight is 494 g/mol. The Morgan fingerprint density at radius 1 is 1.14 bits per heavy atom. The van der Waals surface area contributed by atoms with Crippen molar-refractivity contribution in [3.8, 4) is 6.07 Å². The van der Waals surface area contributed by atoms with Crippen LogP contribution in [0.4, 0.5) is 0 Å². The van der Waals surface area contributed by atoms with Crippen molar-refractivity contribution < 1.29 is 8.42 Å². The predicted octanol–water partition coefficient (Wildman–Crippen LogP) is 3.73. The molecule has 3 heterocycles. The second kappa shape index (κ2) is 8.09. The summed E-state index contributed by atoms with van der Waals surface area (Å²) in [6, 6.07) is 12.9. The standard InChI is InChI=1S/C20H18BrClN4O2S/c21-16-4-5-20(18(22)11-16)29(27,28)26-9-7-24(8-10-26)13-15-14-25-6-2-1-3-19(25)17(15)12-23/h1-6,11,14H,7-10,13H2. The van der Waals surface area contributed by atoms with Crippen LogP contribution in [0.25, 0.3) is 5.52 Å². The van der Waals surface area contributed by atoms with Gasteiger partial charge in [0.05, 0.1) is 16.1 Å². The molecular weight excluding hydrogens is 476 g/mol. The van der Waals surface area contributed by atoms with Crippen molar-refractivity contribution in [2.75, 3.05) is 26.2 Å². The summed E-state index contributed by atoms with van der Waals surface area (Å²) in [5.41, 5.74) is 2.50. The Hall–Kier alpha value is -1.89. The van der Waals surface area contributed by atoms with Crippen molar-refractivity contribution in [1.29, 1.82) is 5.26 Å². The second-order valence-corrected chi connectivity index (χ2v) is 10.1. The van der Waals surface area contributed by atoms with Crippen LogP contribution in [0.3, 0.4) is 0 Å². The lowest BCUT2D eigenvalue weighted by atomic mass is 10.1. The van der Waals surface area contributed by atoms with E-state index in [1.165, 1.54) is 10.4 Å². The Labute approximate surface area is 183 Å². The van der Waals surface area contributed by atoms with Crippen LogP contribution in [0.1, 0.15) is 11.1 Å². The van der Waals surface area contributed by atoms with Crippen LogP contribution in [-0.2, 0) is 16.6 Å². The van der Waals surface area contributed by atoms with Crippen LogP contribution < -0.4 is 0 Å². The van der Waals surface area contributed by atoms with Crippen LogP contribution in [-0.4, -0.2) is 48.2 Å². The Morgan fingerprint density at radius 3 is 2.59 bits per heavy atom. The molecule has 1 aliphatic rings. The number of aromatic nitrogens is 1. The van der Waals surface area contributed by atoms with Crippen LogP contribution in [0.5, 0.6) is 0 Å². The average Bonchev–Trinajstić information content (AvgIpc) is 3.05. The molecule has 2 aromatic heterocycles. The fraction of sp³-hybridized carbons (Fsp3) is 0.250. The van der Waals surface area contributed by atoms with E-state index in [4.69, 9.17) is 11.6 Å². The molecule has 0 bridgehead atoms. The summed E-state index contributed by atoms with van der Waals surface area (Å²) in [7, 11) is -3.64. The number of rotatable bonds is 4. The molecule has 0 aliphatic carbocycles. The maximum atomic E-state index is 13.0. The first-order valence-electron chi connectivity index (χ1n) is 9.06. The minimum Gasteiger partial charge on any atom is -0.322 e. The number of pyridine rings is 1. The van der Waals surface area contributed by atoms with Crippen molar-refractivity contribution in [2.45, 2.75) is 11.4 Å². The summed E-state index contributed by atoms with van der Waals surface area (Å²) in [5, 5.41) is 9.78. The van der Waals surface area contributed by atoms with Crippen LogP contribution >= 0.6 is 27.5 Å². The lowest BCUT2D eigenvalue weighted by Crippen LogP contribution is -2.48. The van der Waals surface area contributed by atoms with Crippen molar-refractivity contribution in [2.24, 2.45) is 0 Å².